The molecule has 1 aliphatic heterocycles. The van der Waals surface area contributed by atoms with Crippen LogP contribution >= 0.6 is 11.3 Å². The Hall–Kier alpha value is -0.910. The molecule has 2 heterocycles. The molecule has 128 valence electrons. The van der Waals surface area contributed by atoms with Gasteiger partial charge in [-0.3, -0.25) is 4.79 Å². The Balaban J connectivity index is 1.56. The van der Waals surface area contributed by atoms with E-state index in [4.69, 9.17) is 4.74 Å². The molecule has 0 bridgehead atoms. The monoisotopic (exact) mass is 336 g/mol. The summed E-state index contributed by atoms with van der Waals surface area (Å²) >= 11 is 1.74. The zero-order chi connectivity index (χ0) is 16.1. The fourth-order valence-corrected chi connectivity index (χ4v) is 4.94. The lowest BCUT2D eigenvalue weighted by atomic mass is 9.83. The second-order valence-corrected chi connectivity index (χ2v) is 7.80. The molecule has 1 saturated carbocycles. The highest BCUT2D eigenvalue weighted by Crippen LogP contribution is 2.43. The van der Waals surface area contributed by atoms with Crippen molar-refractivity contribution in [1.29, 1.82) is 0 Å². The zero-order valence-corrected chi connectivity index (χ0v) is 14.9. The molecule has 1 amide bonds. The number of likely N-dealkylation sites (tertiary alicyclic amines) is 1. The van der Waals surface area contributed by atoms with Crippen molar-refractivity contribution in [3.8, 4) is 0 Å². The van der Waals surface area contributed by atoms with E-state index in [9.17, 15) is 4.79 Å². The fourth-order valence-electron chi connectivity index (χ4n) is 3.96. The molecule has 0 aromatic carbocycles. The lowest BCUT2D eigenvalue weighted by Gasteiger charge is -2.35. The smallest absolute Gasteiger partial charge is 0.231 e. The lowest BCUT2D eigenvalue weighted by molar-refractivity contribution is -0.127. The number of rotatable bonds is 6. The van der Waals surface area contributed by atoms with Gasteiger partial charge in [0.1, 0.15) is 0 Å². The summed E-state index contributed by atoms with van der Waals surface area (Å²) in [6.07, 6.45) is 6.45. The first-order chi connectivity index (χ1) is 11.2. The largest absolute Gasteiger partial charge is 0.383 e. The van der Waals surface area contributed by atoms with Gasteiger partial charge in [0.05, 0.1) is 12.0 Å². The minimum atomic E-state index is -0.249. The average Bonchev–Trinajstić information content (AvgIpc) is 3.26. The van der Waals surface area contributed by atoms with E-state index in [2.05, 4.69) is 27.7 Å². The summed E-state index contributed by atoms with van der Waals surface area (Å²) in [4.78, 5) is 16.7. The Kier molecular flexibility index (Phi) is 5.72. The Bertz CT molecular complexity index is 489. The topological polar surface area (TPSA) is 41.6 Å². The molecule has 23 heavy (non-hydrogen) atoms. The molecular formula is C18H28N2O2S. The first-order valence-corrected chi connectivity index (χ1v) is 9.69. The number of thiophene rings is 1. The SMILES string of the molecule is COCCN1CCC(NC(=O)C2(c3cccs3)CCCC2)CC1. The number of ether oxygens (including phenoxy) is 1. The third-order valence-corrected chi connectivity index (χ3v) is 6.49. The Morgan fingerprint density at radius 1 is 1.39 bits per heavy atom. The third-order valence-electron chi connectivity index (χ3n) is 5.42. The van der Waals surface area contributed by atoms with E-state index in [1.54, 1.807) is 18.4 Å². The fraction of sp³-hybridized carbons (Fsp3) is 0.722. The molecule has 1 aromatic rings. The number of carbonyl (C=O) groups is 1. The molecule has 0 spiro atoms. The predicted octanol–water partition coefficient (Wildman–Crippen LogP) is 2.79. The maximum Gasteiger partial charge on any atom is 0.231 e. The van der Waals surface area contributed by atoms with Gasteiger partial charge >= 0.3 is 0 Å². The number of nitrogens with one attached hydrogen (secondary N) is 1. The van der Waals surface area contributed by atoms with Gasteiger partial charge in [0.15, 0.2) is 0 Å². The first kappa shape index (κ1) is 16.9. The van der Waals surface area contributed by atoms with Crippen molar-refractivity contribution >= 4 is 17.2 Å². The number of nitrogens with zero attached hydrogens (tertiary/aromatic N) is 1. The van der Waals surface area contributed by atoms with Gasteiger partial charge in [-0.2, -0.15) is 0 Å². The summed E-state index contributed by atoms with van der Waals surface area (Å²) in [6, 6.07) is 4.55. The van der Waals surface area contributed by atoms with Crippen LogP contribution in [0.5, 0.6) is 0 Å². The minimum Gasteiger partial charge on any atom is -0.383 e. The average molecular weight is 337 g/mol. The molecule has 1 aromatic heterocycles. The summed E-state index contributed by atoms with van der Waals surface area (Å²) in [6.45, 7) is 3.90. The van der Waals surface area contributed by atoms with E-state index in [1.165, 1.54) is 17.7 Å². The van der Waals surface area contributed by atoms with Crippen molar-refractivity contribution in [2.45, 2.75) is 50.0 Å². The summed E-state index contributed by atoms with van der Waals surface area (Å²) in [7, 11) is 1.75. The Morgan fingerprint density at radius 3 is 2.74 bits per heavy atom. The van der Waals surface area contributed by atoms with Crippen LogP contribution < -0.4 is 5.32 Å². The van der Waals surface area contributed by atoms with Crippen LogP contribution in [0.4, 0.5) is 0 Å². The van der Waals surface area contributed by atoms with Crippen LogP contribution in [0.2, 0.25) is 0 Å². The molecule has 1 aliphatic carbocycles. The highest BCUT2D eigenvalue weighted by atomic mass is 32.1. The van der Waals surface area contributed by atoms with E-state index < -0.39 is 0 Å². The van der Waals surface area contributed by atoms with Crippen molar-refractivity contribution in [2.75, 3.05) is 33.4 Å². The van der Waals surface area contributed by atoms with Crippen molar-refractivity contribution in [2.24, 2.45) is 0 Å². The lowest BCUT2D eigenvalue weighted by Crippen LogP contribution is -2.50. The number of methoxy groups -OCH3 is 1. The normalized spacial score (nSPS) is 22.3. The van der Waals surface area contributed by atoms with Gasteiger partial charge in [0.25, 0.3) is 0 Å². The Labute approximate surface area is 143 Å². The van der Waals surface area contributed by atoms with Gasteiger partial charge in [0, 0.05) is 37.7 Å². The van der Waals surface area contributed by atoms with Crippen LogP contribution in [0.1, 0.15) is 43.4 Å². The first-order valence-electron chi connectivity index (χ1n) is 8.81. The number of piperidine rings is 1. The molecule has 2 aliphatic rings. The molecule has 0 atom stereocenters. The number of hydrogen-bond acceptors (Lipinski definition) is 4. The van der Waals surface area contributed by atoms with Crippen molar-refractivity contribution in [3.05, 3.63) is 22.4 Å². The van der Waals surface area contributed by atoms with E-state index in [0.717, 1.165) is 51.9 Å². The molecule has 1 N–H and O–H groups in total. The van der Waals surface area contributed by atoms with Crippen LogP contribution in [0.3, 0.4) is 0 Å². The van der Waals surface area contributed by atoms with Crippen LogP contribution in [0.15, 0.2) is 17.5 Å². The standard InChI is InChI=1S/C18H28N2O2S/c1-22-13-12-20-10-6-15(7-11-20)19-17(21)18(8-2-3-9-18)16-5-4-14-23-16/h4-5,14-15H,2-3,6-13H2,1H3,(H,19,21). The van der Waals surface area contributed by atoms with Gasteiger partial charge in [-0.15, -0.1) is 11.3 Å². The maximum atomic E-state index is 13.0. The summed E-state index contributed by atoms with van der Waals surface area (Å²) < 4.78 is 5.15. The molecular weight excluding hydrogens is 308 g/mol. The molecule has 5 heteroatoms. The summed E-state index contributed by atoms with van der Waals surface area (Å²) in [5.74, 6) is 0.271. The molecule has 0 radical (unpaired) electrons. The molecule has 2 fully saturated rings. The minimum absolute atomic E-state index is 0.249. The van der Waals surface area contributed by atoms with Crippen molar-refractivity contribution < 1.29 is 9.53 Å². The van der Waals surface area contributed by atoms with E-state index in [1.807, 2.05) is 0 Å². The molecule has 0 unspecified atom stereocenters. The number of amides is 1. The van der Waals surface area contributed by atoms with E-state index >= 15 is 0 Å². The molecule has 3 rings (SSSR count). The van der Waals surface area contributed by atoms with E-state index in [-0.39, 0.29) is 11.3 Å². The highest BCUT2D eigenvalue weighted by Gasteiger charge is 2.44. The summed E-state index contributed by atoms with van der Waals surface area (Å²) in [5, 5.41) is 5.47. The summed E-state index contributed by atoms with van der Waals surface area (Å²) in [5.41, 5.74) is -0.249. The predicted molar refractivity (Wildman–Crippen MR) is 93.9 cm³/mol. The van der Waals surface area contributed by atoms with Crippen LogP contribution in [0.25, 0.3) is 0 Å². The van der Waals surface area contributed by atoms with Crippen molar-refractivity contribution in [1.82, 2.24) is 10.2 Å². The second kappa shape index (κ2) is 7.77. The quantitative estimate of drug-likeness (QED) is 0.868. The highest BCUT2D eigenvalue weighted by molar-refractivity contribution is 7.10. The van der Waals surface area contributed by atoms with E-state index in [0.29, 0.717) is 6.04 Å². The molecule has 4 nitrogen and oxygen atoms in total. The second-order valence-electron chi connectivity index (χ2n) is 6.85. The van der Waals surface area contributed by atoms with Crippen LogP contribution in [0, 0.1) is 0 Å². The van der Waals surface area contributed by atoms with Gasteiger partial charge in [-0.25, -0.2) is 0 Å². The Morgan fingerprint density at radius 2 is 2.13 bits per heavy atom. The van der Waals surface area contributed by atoms with Gasteiger partial charge in [0.2, 0.25) is 5.91 Å². The van der Waals surface area contributed by atoms with Gasteiger partial charge in [-0.05, 0) is 37.1 Å². The van der Waals surface area contributed by atoms with Gasteiger partial charge in [-0.1, -0.05) is 18.9 Å². The third kappa shape index (κ3) is 3.78. The number of hydrogen-bond donors (Lipinski definition) is 1. The zero-order valence-electron chi connectivity index (χ0n) is 14.1. The maximum absolute atomic E-state index is 13.0. The van der Waals surface area contributed by atoms with Crippen LogP contribution in [-0.4, -0.2) is 50.2 Å². The number of carbonyl (C=O) groups excluding carboxylic acids is 1. The van der Waals surface area contributed by atoms with Gasteiger partial charge < -0.3 is 15.0 Å². The van der Waals surface area contributed by atoms with Crippen molar-refractivity contribution in [3.63, 3.8) is 0 Å². The molecule has 1 saturated heterocycles. The van der Waals surface area contributed by atoms with Crippen LogP contribution in [-0.2, 0) is 14.9 Å².